The quantitative estimate of drug-likeness (QED) is 0.630. The van der Waals surface area contributed by atoms with Gasteiger partial charge in [-0.15, -0.1) is 0 Å². The highest BCUT2D eigenvalue weighted by molar-refractivity contribution is 7.79. The van der Waals surface area contributed by atoms with Crippen molar-refractivity contribution in [3.63, 3.8) is 0 Å². The van der Waals surface area contributed by atoms with E-state index in [0.29, 0.717) is 18.1 Å². The van der Waals surface area contributed by atoms with Gasteiger partial charge in [-0.2, -0.15) is 12.6 Å². The molecular weight excluding hydrogens is 328 g/mol. The number of aryl methyl sites for hydroxylation is 2. The maximum atomic E-state index is 5.98. The Bertz CT molecular complexity index is 699. The number of thiocarbonyl (C=S) groups is 1. The normalized spacial score (nSPS) is 10.3. The second kappa shape index (κ2) is 8.22. The first-order chi connectivity index (χ1) is 11.0. The monoisotopic (exact) mass is 348 g/mol. The molecule has 0 spiro atoms. The molecule has 0 saturated carbocycles. The first-order valence-electron chi connectivity index (χ1n) is 7.22. The van der Waals surface area contributed by atoms with E-state index in [-0.39, 0.29) is 5.24 Å². The Morgan fingerprint density at radius 2 is 1.91 bits per heavy atom. The lowest BCUT2D eigenvalue weighted by Gasteiger charge is -2.16. The fraction of sp³-hybridized carbons (Fsp3) is 0.278. The van der Waals surface area contributed by atoms with E-state index < -0.39 is 0 Å². The van der Waals surface area contributed by atoms with Crippen LogP contribution in [0.5, 0.6) is 11.5 Å². The van der Waals surface area contributed by atoms with Gasteiger partial charge in [0.2, 0.25) is 0 Å². The van der Waals surface area contributed by atoms with Crippen LogP contribution in [0.1, 0.15) is 22.3 Å². The van der Waals surface area contributed by atoms with E-state index in [1.54, 1.807) is 0 Å². The molecule has 2 rings (SSSR count). The highest BCUT2D eigenvalue weighted by atomic mass is 32.1. The number of thiol groups is 1. The molecule has 0 aliphatic carbocycles. The van der Waals surface area contributed by atoms with Gasteiger partial charge in [0.05, 0.1) is 7.11 Å². The smallest absolute Gasteiger partial charge is 0.357 e. The molecular formula is C18H20O3S2. The van der Waals surface area contributed by atoms with E-state index in [2.05, 4.69) is 25.6 Å². The van der Waals surface area contributed by atoms with Crippen molar-refractivity contribution in [1.29, 1.82) is 0 Å². The molecule has 0 amide bonds. The third-order valence-corrected chi connectivity index (χ3v) is 4.05. The minimum absolute atomic E-state index is 0.0779. The molecule has 3 nitrogen and oxygen atoms in total. The van der Waals surface area contributed by atoms with Crippen LogP contribution in [0.4, 0.5) is 0 Å². The number of ether oxygens (including phenoxy) is 3. The molecule has 0 atom stereocenters. The number of methoxy groups -OCH3 is 1. The summed E-state index contributed by atoms with van der Waals surface area (Å²) in [6.07, 6.45) is 0. The predicted octanol–water partition coefficient (Wildman–Crippen LogP) is 4.62. The van der Waals surface area contributed by atoms with Gasteiger partial charge in [0.15, 0.2) is 0 Å². The van der Waals surface area contributed by atoms with E-state index >= 15 is 0 Å². The molecule has 0 radical (unpaired) electrons. The summed E-state index contributed by atoms with van der Waals surface area (Å²) in [6.45, 7) is 4.47. The Morgan fingerprint density at radius 1 is 1.13 bits per heavy atom. The van der Waals surface area contributed by atoms with E-state index in [1.807, 2.05) is 37.3 Å². The van der Waals surface area contributed by atoms with E-state index in [4.69, 9.17) is 26.4 Å². The number of benzene rings is 2. The Hall–Kier alpha value is -1.72. The molecule has 0 bridgehead atoms. The highest BCUT2D eigenvalue weighted by Gasteiger charge is 2.12. The first kappa shape index (κ1) is 17.6. The van der Waals surface area contributed by atoms with Crippen molar-refractivity contribution < 1.29 is 14.2 Å². The van der Waals surface area contributed by atoms with Crippen molar-refractivity contribution in [3.8, 4) is 11.5 Å². The van der Waals surface area contributed by atoms with Crippen LogP contribution in [-0.4, -0.2) is 12.3 Å². The molecule has 0 fully saturated rings. The van der Waals surface area contributed by atoms with Gasteiger partial charge in [-0.05, 0) is 37.1 Å². The van der Waals surface area contributed by atoms with Gasteiger partial charge in [-0.25, -0.2) is 0 Å². The van der Waals surface area contributed by atoms with Crippen molar-refractivity contribution in [3.05, 3.63) is 58.7 Å². The highest BCUT2D eigenvalue weighted by Crippen LogP contribution is 2.27. The SMILES string of the molecule is COC(=S)Oc1cccc(CS)c1COc1ccc(C)cc1C. The zero-order valence-corrected chi connectivity index (χ0v) is 15.2. The summed E-state index contributed by atoms with van der Waals surface area (Å²) in [6, 6.07) is 11.9. The first-order valence-corrected chi connectivity index (χ1v) is 8.26. The summed E-state index contributed by atoms with van der Waals surface area (Å²) in [4.78, 5) is 0. The molecule has 0 aromatic heterocycles. The van der Waals surface area contributed by atoms with Crippen LogP contribution < -0.4 is 9.47 Å². The third-order valence-electron chi connectivity index (χ3n) is 3.46. The fourth-order valence-electron chi connectivity index (χ4n) is 2.26. The van der Waals surface area contributed by atoms with Crippen LogP contribution in [0.15, 0.2) is 36.4 Å². The minimum atomic E-state index is 0.0779. The molecule has 0 aliphatic heterocycles. The second-order valence-electron chi connectivity index (χ2n) is 5.17. The zero-order chi connectivity index (χ0) is 16.8. The van der Waals surface area contributed by atoms with Crippen LogP contribution in [0.2, 0.25) is 0 Å². The lowest BCUT2D eigenvalue weighted by molar-refractivity contribution is 0.287. The van der Waals surface area contributed by atoms with Gasteiger partial charge in [-0.1, -0.05) is 29.8 Å². The lowest BCUT2D eigenvalue weighted by atomic mass is 10.1. The number of hydrogen-bond acceptors (Lipinski definition) is 5. The van der Waals surface area contributed by atoms with Crippen LogP contribution in [-0.2, 0) is 17.1 Å². The van der Waals surface area contributed by atoms with Crippen molar-refractivity contribution in [1.82, 2.24) is 0 Å². The Morgan fingerprint density at radius 3 is 2.57 bits per heavy atom. The summed E-state index contributed by atoms with van der Waals surface area (Å²) in [5.74, 6) is 2.07. The summed E-state index contributed by atoms with van der Waals surface area (Å²) < 4.78 is 16.5. The summed E-state index contributed by atoms with van der Waals surface area (Å²) in [7, 11) is 1.48. The summed E-state index contributed by atoms with van der Waals surface area (Å²) in [5.41, 5.74) is 4.26. The largest absolute Gasteiger partial charge is 0.488 e. The van der Waals surface area contributed by atoms with Crippen molar-refractivity contribution in [2.75, 3.05) is 7.11 Å². The minimum Gasteiger partial charge on any atom is -0.488 e. The molecule has 0 unspecified atom stereocenters. The molecule has 2 aromatic rings. The van der Waals surface area contributed by atoms with Crippen LogP contribution in [0, 0.1) is 13.8 Å². The maximum absolute atomic E-state index is 5.98. The maximum Gasteiger partial charge on any atom is 0.357 e. The number of rotatable bonds is 5. The molecule has 2 aromatic carbocycles. The molecule has 0 aliphatic rings. The third kappa shape index (κ3) is 4.62. The van der Waals surface area contributed by atoms with E-state index in [9.17, 15) is 0 Å². The molecule has 122 valence electrons. The van der Waals surface area contributed by atoms with Gasteiger partial charge in [0.25, 0.3) is 0 Å². The standard InChI is InChI=1S/C18H20O3S2/c1-12-7-8-16(13(2)9-12)20-10-15-14(11-22)5-4-6-17(15)21-18(23)19-3/h4-9,22H,10-11H2,1-3H3. The Balaban J connectivity index is 2.24. The van der Waals surface area contributed by atoms with E-state index in [0.717, 1.165) is 22.4 Å². The van der Waals surface area contributed by atoms with Crippen molar-refractivity contribution in [2.24, 2.45) is 0 Å². The fourth-order valence-corrected chi connectivity index (χ4v) is 2.65. The number of hydrogen-bond donors (Lipinski definition) is 1. The topological polar surface area (TPSA) is 27.7 Å². The van der Waals surface area contributed by atoms with Crippen LogP contribution >= 0.6 is 24.8 Å². The Kier molecular flexibility index (Phi) is 6.30. The molecule has 0 heterocycles. The predicted molar refractivity (Wildman–Crippen MR) is 99.6 cm³/mol. The van der Waals surface area contributed by atoms with Crippen molar-refractivity contribution in [2.45, 2.75) is 26.2 Å². The molecule has 23 heavy (non-hydrogen) atoms. The average molecular weight is 348 g/mol. The lowest BCUT2D eigenvalue weighted by Crippen LogP contribution is -2.11. The molecule has 0 saturated heterocycles. The van der Waals surface area contributed by atoms with Gasteiger partial charge < -0.3 is 14.2 Å². The molecule has 0 N–H and O–H groups in total. The summed E-state index contributed by atoms with van der Waals surface area (Å²) >= 11 is 9.36. The van der Waals surface area contributed by atoms with Crippen molar-refractivity contribution >= 4 is 30.1 Å². The van der Waals surface area contributed by atoms with Crippen LogP contribution in [0.3, 0.4) is 0 Å². The Labute approximate surface area is 148 Å². The van der Waals surface area contributed by atoms with Gasteiger partial charge >= 0.3 is 5.24 Å². The van der Waals surface area contributed by atoms with Gasteiger partial charge in [0.1, 0.15) is 18.1 Å². The summed E-state index contributed by atoms with van der Waals surface area (Å²) in [5, 5.41) is 0.0779. The molecule has 5 heteroatoms. The van der Waals surface area contributed by atoms with E-state index in [1.165, 1.54) is 12.7 Å². The van der Waals surface area contributed by atoms with Gasteiger partial charge in [0, 0.05) is 23.5 Å². The zero-order valence-electron chi connectivity index (χ0n) is 13.5. The average Bonchev–Trinajstić information content (AvgIpc) is 2.54. The van der Waals surface area contributed by atoms with Crippen LogP contribution in [0.25, 0.3) is 0 Å². The van der Waals surface area contributed by atoms with Gasteiger partial charge in [-0.3, -0.25) is 0 Å². The second-order valence-corrected chi connectivity index (χ2v) is 5.82.